The third-order valence-corrected chi connectivity index (χ3v) is 6.60. The highest BCUT2D eigenvalue weighted by atomic mass is 35.5. The Morgan fingerprint density at radius 2 is 1.91 bits per heavy atom. The van der Waals surface area contributed by atoms with Crippen LogP contribution in [-0.2, 0) is 11.2 Å². The molecule has 0 fully saturated rings. The van der Waals surface area contributed by atoms with Crippen LogP contribution in [0.1, 0.15) is 16.2 Å². The van der Waals surface area contributed by atoms with Gasteiger partial charge in [0.2, 0.25) is 0 Å². The molecule has 0 atom stereocenters. The maximum absolute atomic E-state index is 12.6. The van der Waals surface area contributed by atoms with E-state index < -0.39 is 5.91 Å². The average molecular weight is 515 g/mol. The molecule has 4 rings (SSSR count). The summed E-state index contributed by atoms with van der Waals surface area (Å²) >= 11 is 19.5. The predicted molar refractivity (Wildman–Crippen MR) is 133 cm³/mol. The molecule has 0 aliphatic carbocycles. The Morgan fingerprint density at radius 1 is 1.09 bits per heavy atom. The summed E-state index contributed by atoms with van der Waals surface area (Å²) in [4.78, 5) is 17.8. The summed E-state index contributed by atoms with van der Waals surface area (Å²) in [6, 6.07) is 17.9. The quantitative estimate of drug-likeness (QED) is 0.213. The zero-order valence-electron chi connectivity index (χ0n) is 16.8. The number of amides is 1. The predicted octanol–water partition coefficient (Wildman–Crippen LogP) is 7.50. The molecule has 0 saturated carbocycles. The number of hydrogen-bond donors (Lipinski definition) is 1. The normalized spacial score (nSPS) is 11.3. The number of furan rings is 1. The Hall–Kier alpha value is -3.08. The van der Waals surface area contributed by atoms with Crippen molar-refractivity contribution in [2.24, 2.45) is 0 Å². The van der Waals surface area contributed by atoms with Gasteiger partial charge >= 0.3 is 0 Å². The number of benzene rings is 2. The number of carbonyl (C=O) groups excluding carboxylic acids is 1. The van der Waals surface area contributed by atoms with Gasteiger partial charge in [0.25, 0.3) is 5.91 Å². The zero-order valence-corrected chi connectivity index (χ0v) is 19.9. The van der Waals surface area contributed by atoms with Crippen LogP contribution in [0.2, 0.25) is 15.1 Å². The van der Waals surface area contributed by atoms with Gasteiger partial charge in [-0.25, -0.2) is 4.98 Å². The first kappa shape index (κ1) is 23.1. The van der Waals surface area contributed by atoms with E-state index in [1.807, 2.05) is 30.3 Å². The standard InChI is InChI=1S/C24H14Cl3N3O2S/c25-19-4-2-1-3-14(19)10-18-13-29-24(33-18)30-23(31)16(12-28)9-17-6-8-22(32-17)15-5-7-20(26)21(27)11-15/h1-9,11,13H,10H2,(H,29,30,31)/b16-9+. The van der Waals surface area contributed by atoms with Gasteiger partial charge in [-0.3, -0.25) is 10.1 Å². The Kier molecular flexibility index (Phi) is 7.17. The Balaban J connectivity index is 1.46. The number of nitrogens with one attached hydrogen (secondary N) is 1. The van der Waals surface area contributed by atoms with E-state index in [9.17, 15) is 10.1 Å². The lowest BCUT2D eigenvalue weighted by Gasteiger charge is -2.01. The van der Waals surface area contributed by atoms with Gasteiger partial charge in [-0.05, 0) is 42.0 Å². The van der Waals surface area contributed by atoms with Gasteiger partial charge in [0, 0.05) is 34.2 Å². The van der Waals surface area contributed by atoms with Crippen LogP contribution in [0.4, 0.5) is 5.13 Å². The first-order chi connectivity index (χ1) is 15.9. The van der Waals surface area contributed by atoms with E-state index in [0.29, 0.717) is 38.1 Å². The van der Waals surface area contributed by atoms with E-state index in [4.69, 9.17) is 39.2 Å². The first-order valence-corrected chi connectivity index (χ1v) is 11.5. The molecule has 2 heterocycles. The molecule has 2 aromatic heterocycles. The first-order valence-electron chi connectivity index (χ1n) is 9.59. The average Bonchev–Trinajstić information content (AvgIpc) is 3.45. The fourth-order valence-corrected chi connectivity index (χ4v) is 4.30. The van der Waals surface area contributed by atoms with E-state index in [1.54, 1.807) is 36.5 Å². The molecular formula is C24H14Cl3N3O2S. The van der Waals surface area contributed by atoms with E-state index in [2.05, 4.69) is 10.3 Å². The van der Waals surface area contributed by atoms with Crippen molar-refractivity contribution < 1.29 is 9.21 Å². The smallest absolute Gasteiger partial charge is 0.268 e. The Labute approximate surface area is 208 Å². The van der Waals surface area contributed by atoms with E-state index in [0.717, 1.165) is 16.0 Å². The van der Waals surface area contributed by atoms with Gasteiger partial charge in [-0.15, -0.1) is 11.3 Å². The molecule has 1 amide bonds. The summed E-state index contributed by atoms with van der Waals surface area (Å²) in [5.74, 6) is 0.298. The third kappa shape index (κ3) is 5.65. The maximum atomic E-state index is 12.6. The van der Waals surface area contributed by atoms with E-state index in [-0.39, 0.29) is 5.57 Å². The van der Waals surface area contributed by atoms with Crippen LogP contribution in [0.3, 0.4) is 0 Å². The molecule has 0 radical (unpaired) electrons. The Morgan fingerprint density at radius 3 is 2.67 bits per heavy atom. The minimum atomic E-state index is -0.580. The lowest BCUT2D eigenvalue weighted by Crippen LogP contribution is -2.13. The third-order valence-electron chi connectivity index (χ3n) is 4.58. The van der Waals surface area contributed by atoms with E-state index in [1.165, 1.54) is 17.4 Å². The number of nitriles is 1. The second-order valence-corrected chi connectivity index (χ2v) is 9.19. The fraction of sp³-hybridized carbons (Fsp3) is 0.0417. The second kappa shape index (κ2) is 10.2. The molecule has 0 aliphatic heterocycles. The number of thiazole rings is 1. The van der Waals surface area contributed by atoms with Gasteiger partial charge in [0.15, 0.2) is 5.13 Å². The molecule has 164 valence electrons. The van der Waals surface area contributed by atoms with Crippen molar-refractivity contribution in [1.29, 1.82) is 5.26 Å². The molecule has 1 N–H and O–H groups in total. The summed E-state index contributed by atoms with van der Waals surface area (Å²) in [6.45, 7) is 0. The molecule has 0 spiro atoms. The molecule has 0 aliphatic rings. The summed E-state index contributed by atoms with van der Waals surface area (Å²) in [5, 5.41) is 14.0. The highest BCUT2D eigenvalue weighted by molar-refractivity contribution is 7.15. The summed E-state index contributed by atoms with van der Waals surface area (Å²) in [7, 11) is 0. The number of rotatable bonds is 6. The number of carbonyl (C=O) groups is 1. The lowest BCUT2D eigenvalue weighted by molar-refractivity contribution is -0.112. The van der Waals surface area contributed by atoms with Gasteiger partial charge in [-0.1, -0.05) is 53.0 Å². The zero-order chi connectivity index (χ0) is 23.4. The maximum Gasteiger partial charge on any atom is 0.268 e. The summed E-state index contributed by atoms with van der Waals surface area (Å²) in [6.07, 6.45) is 3.64. The van der Waals surface area contributed by atoms with Crippen LogP contribution in [0.15, 0.2) is 70.8 Å². The van der Waals surface area contributed by atoms with Crippen molar-refractivity contribution in [1.82, 2.24) is 4.98 Å². The minimum absolute atomic E-state index is 0.118. The SMILES string of the molecule is N#C/C(=C\c1ccc(-c2ccc(Cl)c(Cl)c2)o1)C(=O)Nc1ncc(Cc2ccccc2Cl)s1. The number of aromatic nitrogens is 1. The molecule has 0 unspecified atom stereocenters. The van der Waals surface area contributed by atoms with Crippen molar-refractivity contribution in [3.63, 3.8) is 0 Å². The number of anilines is 1. The largest absolute Gasteiger partial charge is 0.457 e. The highest BCUT2D eigenvalue weighted by Gasteiger charge is 2.14. The van der Waals surface area contributed by atoms with Crippen molar-refractivity contribution in [3.8, 4) is 17.4 Å². The van der Waals surface area contributed by atoms with Crippen LogP contribution in [0, 0.1) is 11.3 Å². The van der Waals surface area contributed by atoms with Crippen LogP contribution in [-0.4, -0.2) is 10.9 Å². The van der Waals surface area contributed by atoms with Crippen molar-refractivity contribution in [2.75, 3.05) is 5.32 Å². The van der Waals surface area contributed by atoms with Crippen LogP contribution >= 0.6 is 46.1 Å². The van der Waals surface area contributed by atoms with Gasteiger partial charge in [-0.2, -0.15) is 5.26 Å². The monoisotopic (exact) mass is 513 g/mol. The second-order valence-electron chi connectivity index (χ2n) is 6.85. The number of hydrogen-bond acceptors (Lipinski definition) is 5. The van der Waals surface area contributed by atoms with E-state index >= 15 is 0 Å². The summed E-state index contributed by atoms with van der Waals surface area (Å²) in [5.41, 5.74) is 1.57. The molecule has 9 heteroatoms. The van der Waals surface area contributed by atoms with Crippen molar-refractivity contribution in [2.45, 2.75) is 6.42 Å². The van der Waals surface area contributed by atoms with Gasteiger partial charge in [0.1, 0.15) is 23.2 Å². The van der Waals surface area contributed by atoms with Crippen LogP contribution < -0.4 is 5.32 Å². The molecule has 0 saturated heterocycles. The van der Waals surface area contributed by atoms with Crippen molar-refractivity contribution in [3.05, 3.63) is 97.6 Å². The van der Waals surface area contributed by atoms with Gasteiger partial charge < -0.3 is 4.42 Å². The van der Waals surface area contributed by atoms with Gasteiger partial charge in [0.05, 0.1) is 10.0 Å². The molecular weight excluding hydrogens is 501 g/mol. The topological polar surface area (TPSA) is 78.9 Å². The highest BCUT2D eigenvalue weighted by Crippen LogP contribution is 2.30. The minimum Gasteiger partial charge on any atom is -0.457 e. The summed E-state index contributed by atoms with van der Waals surface area (Å²) < 4.78 is 5.74. The molecule has 5 nitrogen and oxygen atoms in total. The molecule has 0 bridgehead atoms. The van der Waals surface area contributed by atoms with Crippen LogP contribution in [0.5, 0.6) is 0 Å². The number of nitrogens with zero attached hydrogens (tertiary/aromatic N) is 2. The van der Waals surface area contributed by atoms with Crippen molar-refractivity contribution >= 4 is 63.3 Å². The lowest BCUT2D eigenvalue weighted by atomic mass is 10.1. The molecule has 2 aromatic carbocycles. The van der Waals surface area contributed by atoms with Crippen LogP contribution in [0.25, 0.3) is 17.4 Å². The number of halogens is 3. The molecule has 33 heavy (non-hydrogen) atoms. The molecule has 4 aromatic rings. The fourth-order valence-electron chi connectivity index (χ4n) is 2.97. The Bertz CT molecular complexity index is 1400.